The lowest BCUT2D eigenvalue weighted by molar-refractivity contribution is -0.142. The van der Waals surface area contributed by atoms with E-state index in [1.165, 1.54) is 29.2 Å². The number of allylic oxidation sites excluding steroid dienone is 2. The van der Waals surface area contributed by atoms with Gasteiger partial charge in [-0.2, -0.15) is 13.2 Å². The molecule has 30 heavy (non-hydrogen) atoms. The van der Waals surface area contributed by atoms with E-state index in [-0.39, 0.29) is 30.0 Å². The van der Waals surface area contributed by atoms with Gasteiger partial charge in [0.15, 0.2) is 5.76 Å². The average molecular weight is 417 g/mol. The van der Waals surface area contributed by atoms with Crippen LogP contribution < -0.4 is 0 Å². The number of aliphatic carboxylic acids is 1. The van der Waals surface area contributed by atoms with Gasteiger partial charge in [0.2, 0.25) is 0 Å². The van der Waals surface area contributed by atoms with Crippen molar-refractivity contribution in [1.82, 2.24) is 4.90 Å². The fraction of sp³-hybridized carbons (Fsp3) is 0.273. The van der Waals surface area contributed by atoms with Gasteiger partial charge in [-0.25, -0.2) is 4.79 Å². The van der Waals surface area contributed by atoms with Crippen molar-refractivity contribution >= 4 is 11.9 Å². The summed E-state index contributed by atoms with van der Waals surface area (Å²) in [5, 5.41) is 9.61. The Morgan fingerprint density at radius 2 is 1.80 bits per heavy atom. The van der Waals surface area contributed by atoms with Crippen LogP contribution in [0, 0.1) is 0 Å². The molecule has 1 aromatic carbocycles. The first-order chi connectivity index (χ1) is 14.2. The first kappa shape index (κ1) is 20.0. The van der Waals surface area contributed by atoms with Gasteiger partial charge in [0.05, 0.1) is 5.56 Å². The second-order valence-electron chi connectivity index (χ2n) is 7.27. The van der Waals surface area contributed by atoms with Crippen LogP contribution in [0.15, 0.2) is 64.1 Å². The number of benzene rings is 1. The summed E-state index contributed by atoms with van der Waals surface area (Å²) >= 11 is 0. The summed E-state index contributed by atoms with van der Waals surface area (Å²) in [6.45, 7) is 0.154. The number of nitrogens with zero attached hydrogens (tertiary/aromatic N) is 1. The minimum Gasteiger partial charge on any atom is -0.480 e. The van der Waals surface area contributed by atoms with Crippen LogP contribution in [0.3, 0.4) is 0 Å². The Morgan fingerprint density at radius 3 is 2.50 bits per heavy atom. The highest BCUT2D eigenvalue weighted by Crippen LogP contribution is 2.34. The summed E-state index contributed by atoms with van der Waals surface area (Å²) in [6.07, 6.45) is 1.41. The Bertz CT molecular complexity index is 1060. The second-order valence-corrected chi connectivity index (χ2v) is 7.27. The molecule has 0 saturated carbocycles. The van der Waals surface area contributed by atoms with E-state index >= 15 is 0 Å². The smallest absolute Gasteiger partial charge is 0.416 e. The monoisotopic (exact) mass is 417 g/mol. The van der Waals surface area contributed by atoms with Gasteiger partial charge in [-0.05, 0) is 48.3 Å². The number of carboxylic acid groups (broad SMARTS) is 1. The lowest BCUT2D eigenvalue weighted by Gasteiger charge is -2.36. The van der Waals surface area contributed by atoms with Gasteiger partial charge >= 0.3 is 12.1 Å². The summed E-state index contributed by atoms with van der Waals surface area (Å²) in [5.74, 6) is -1.73. The number of rotatable bonds is 3. The molecule has 1 amide bonds. The highest BCUT2D eigenvalue weighted by molar-refractivity contribution is 5.95. The van der Waals surface area contributed by atoms with Crippen molar-refractivity contribution in [3.8, 4) is 11.3 Å². The topological polar surface area (TPSA) is 70.8 Å². The van der Waals surface area contributed by atoms with Crippen molar-refractivity contribution in [3.63, 3.8) is 0 Å². The maximum absolute atomic E-state index is 13.0. The Balaban J connectivity index is 1.61. The molecule has 5 nitrogen and oxygen atoms in total. The largest absolute Gasteiger partial charge is 0.480 e. The molecule has 8 heteroatoms. The fourth-order valence-corrected chi connectivity index (χ4v) is 3.80. The molecule has 1 atom stereocenters. The van der Waals surface area contributed by atoms with Crippen molar-refractivity contribution in [2.45, 2.75) is 31.5 Å². The lowest BCUT2D eigenvalue weighted by Crippen LogP contribution is -2.49. The maximum atomic E-state index is 13.0. The molecule has 1 aliphatic carbocycles. The number of hydrogen-bond acceptors (Lipinski definition) is 3. The van der Waals surface area contributed by atoms with Crippen molar-refractivity contribution in [2.24, 2.45) is 0 Å². The Labute approximate surface area is 170 Å². The minimum atomic E-state index is -4.50. The number of amides is 1. The van der Waals surface area contributed by atoms with Crippen molar-refractivity contribution < 1.29 is 32.3 Å². The number of hydrogen-bond donors (Lipinski definition) is 1. The van der Waals surface area contributed by atoms with Crippen LogP contribution in [0.2, 0.25) is 0 Å². The van der Waals surface area contributed by atoms with Crippen LogP contribution in [-0.4, -0.2) is 34.5 Å². The van der Waals surface area contributed by atoms with Crippen LogP contribution in [0.1, 0.15) is 35.4 Å². The van der Waals surface area contributed by atoms with E-state index in [9.17, 15) is 27.9 Å². The van der Waals surface area contributed by atoms with Crippen LogP contribution in [0.5, 0.6) is 0 Å². The van der Waals surface area contributed by atoms with Crippen molar-refractivity contribution in [2.75, 3.05) is 6.54 Å². The van der Waals surface area contributed by atoms with Crippen LogP contribution in [0.25, 0.3) is 11.3 Å². The molecule has 2 aliphatic rings. The molecule has 1 saturated heterocycles. The zero-order chi connectivity index (χ0) is 21.5. The summed E-state index contributed by atoms with van der Waals surface area (Å²) in [4.78, 5) is 26.0. The number of fused-ring (bicyclic) bond motifs is 1. The third-order valence-electron chi connectivity index (χ3n) is 5.33. The number of carbonyl (C=O) groups is 2. The minimum absolute atomic E-state index is 0.103. The summed E-state index contributed by atoms with van der Waals surface area (Å²) < 4.78 is 44.4. The zero-order valence-electron chi connectivity index (χ0n) is 15.8. The number of alkyl halides is 3. The highest BCUT2D eigenvalue weighted by atomic mass is 19.4. The predicted octanol–water partition coefficient (Wildman–Crippen LogP) is 4.91. The first-order valence-corrected chi connectivity index (χ1v) is 9.44. The normalized spacial score (nSPS) is 19.0. The number of carbonyl (C=O) groups excluding carboxylic acids is 1. The predicted molar refractivity (Wildman–Crippen MR) is 102 cm³/mol. The van der Waals surface area contributed by atoms with E-state index in [4.69, 9.17) is 4.42 Å². The van der Waals surface area contributed by atoms with Crippen LogP contribution >= 0.6 is 0 Å². The Hall–Kier alpha value is -3.29. The molecule has 4 rings (SSSR count). The van der Waals surface area contributed by atoms with E-state index in [0.717, 1.165) is 36.1 Å². The first-order valence-electron chi connectivity index (χ1n) is 9.44. The molecule has 1 fully saturated rings. The number of furan rings is 1. The van der Waals surface area contributed by atoms with Crippen molar-refractivity contribution in [3.05, 3.63) is 71.0 Å². The number of likely N-dealkylation sites (tertiary alicyclic amines) is 1. The second kappa shape index (κ2) is 7.51. The van der Waals surface area contributed by atoms with Gasteiger partial charge < -0.3 is 14.4 Å². The molecule has 0 radical (unpaired) electrons. The standard InChI is InChI=1S/C22H18F3NO4/c23-22(24,25)16-7-3-6-14(10-16)18-8-9-19(30-18)20(27)26-12-15-5-2-1-4-13(15)11-17(26)21(28)29/h3-10,17H,1-2,11-12H2,(H,28,29). The van der Waals surface area contributed by atoms with Crippen LogP contribution in [0.4, 0.5) is 13.2 Å². The van der Waals surface area contributed by atoms with Gasteiger partial charge in [-0.3, -0.25) is 4.79 Å². The molecule has 1 aliphatic heterocycles. The quantitative estimate of drug-likeness (QED) is 0.770. The molecule has 1 unspecified atom stereocenters. The van der Waals surface area contributed by atoms with Gasteiger partial charge in [-0.1, -0.05) is 24.3 Å². The van der Waals surface area contributed by atoms with E-state index in [1.807, 2.05) is 12.2 Å². The van der Waals surface area contributed by atoms with Crippen molar-refractivity contribution in [1.29, 1.82) is 0 Å². The third kappa shape index (κ3) is 3.77. The molecular formula is C22H18F3NO4. The number of piperidine rings is 1. The van der Waals surface area contributed by atoms with E-state index < -0.39 is 29.7 Å². The molecule has 1 N–H and O–H groups in total. The molecule has 156 valence electrons. The summed E-state index contributed by atoms with van der Waals surface area (Å²) in [7, 11) is 0. The summed E-state index contributed by atoms with van der Waals surface area (Å²) in [5.41, 5.74) is 1.23. The van der Waals surface area contributed by atoms with E-state index in [2.05, 4.69) is 0 Å². The Morgan fingerprint density at radius 1 is 1.07 bits per heavy atom. The molecule has 0 bridgehead atoms. The van der Waals surface area contributed by atoms with E-state index in [0.29, 0.717) is 0 Å². The zero-order valence-corrected chi connectivity index (χ0v) is 15.8. The fourth-order valence-electron chi connectivity index (χ4n) is 3.80. The van der Waals surface area contributed by atoms with Gasteiger partial charge in [0.1, 0.15) is 11.8 Å². The molecule has 0 spiro atoms. The third-order valence-corrected chi connectivity index (χ3v) is 5.33. The Kier molecular flexibility index (Phi) is 5.01. The van der Waals surface area contributed by atoms with Gasteiger partial charge in [0.25, 0.3) is 5.91 Å². The van der Waals surface area contributed by atoms with Gasteiger partial charge in [-0.15, -0.1) is 0 Å². The van der Waals surface area contributed by atoms with Crippen LogP contribution in [-0.2, 0) is 11.0 Å². The maximum Gasteiger partial charge on any atom is 0.416 e. The van der Waals surface area contributed by atoms with Gasteiger partial charge in [0, 0.05) is 18.5 Å². The lowest BCUT2D eigenvalue weighted by atomic mass is 9.87. The molecule has 1 aromatic heterocycles. The summed E-state index contributed by atoms with van der Waals surface area (Å²) in [6, 6.07) is 6.35. The highest BCUT2D eigenvalue weighted by Gasteiger charge is 2.38. The molecule has 2 aromatic rings. The van der Waals surface area contributed by atoms with E-state index in [1.54, 1.807) is 0 Å². The molecule has 2 heterocycles. The number of carboxylic acids is 1. The SMILES string of the molecule is O=C(O)C1CC2=CCCC=C2CN1C(=O)c1ccc(-c2cccc(C(F)(F)F)c2)o1. The average Bonchev–Trinajstić information content (AvgIpc) is 3.22. The molecular weight excluding hydrogens is 399 g/mol. The number of halogens is 3.